The first-order chi connectivity index (χ1) is 9.05. The van der Waals surface area contributed by atoms with E-state index in [0.717, 1.165) is 17.5 Å². The minimum atomic E-state index is -4.33. The number of fused-ring (bicyclic) bond motifs is 1. The number of aromatic nitrogens is 3. The lowest BCUT2D eigenvalue weighted by atomic mass is 10.2. The topological polar surface area (TPSA) is 30.7 Å². The van der Waals surface area contributed by atoms with Crippen LogP contribution in [-0.2, 0) is 6.18 Å². The summed E-state index contributed by atoms with van der Waals surface area (Å²) in [5.41, 5.74) is 0.477. The van der Waals surface area contributed by atoms with Crippen molar-refractivity contribution in [3.63, 3.8) is 0 Å². The van der Waals surface area contributed by atoms with Gasteiger partial charge in [0.05, 0.1) is 17.4 Å². The molecule has 96 valence electrons. The molecular formula is C13H8F3N3. The molecule has 3 nitrogen and oxygen atoms in total. The number of nitrogens with zero attached hydrogens (tertiary/aromatic N) is 3. The smallest absolute Gasteiger partial charge is 0.237 e. The van der Waals surface area contributed by atoms with Crippen LogP contribution in [-0.4, -0.2) is 14.8 Å². The van der Waals surface area contributed by atoms with Gasteiger partial charge in [-0.3, -0.25) is 0 Å². The Morgan fingerprint density at radius 2 is 1.74 bits per heavy atom. The van der Waals surface area contributed by atoms with E-state index in [0.29, 0.717) is 11.3 Å². The number of benzene rings is 1. The monoisotopic (exact) mass is 263 g/mol. The molecule has 1 aromatic carbocycles. The molecule has 6 heteroatoms. The quantitative estimate of drug-likeness (QED) is 0.673. The molecule has 3 rings (SSSR count). The van der Waals surface area contributed by atoms with Gasteiger partial charge in [-0.15, -0.1) is 0 Å². The molecule has 0 aliphatic carbocycles. The van der Waals surface area contributed by atoms with E-state index in [-0.39, 0.29) is 0 Å². The van der Waals surface area contributed by atoms with Crippen LogP contribution in [0.15, 0.2) is 48.8 Å². The molecule has 0 fully saturated rings. The highest BCUT2D eigenvalue weighted by Crippen LogP contribution is 2.29. The summed E-state index contributed by atoms with van der Waals surface area (Å²) >= 11 is 0. The molecule has 0 bridgehead atoms. The van der Waals surface area contributed by atoms with Crippen molar-refractivity contribution in [1.29, 1.82) is 0 Å². The van der Waals surface area contributed by atoms with Crippen molar-refractivity contribution < 1.29 is 13.2 Å². The second-order valence-corrected chi connectivity index (χ2v) is 4.02. The van der Waals surface area contributed by atoms with Gasteiger partial charge in [-0.2, -0.15) is 18.3 Å². The van der Waals surface area contributed by atoms with Crippen LogP contribution in [0.5, 0.6) is 0 Å². The van der Waals surface area contributed by atoms with Gasteiger partial charge in [0.1, 0.15) is 0 Å². The molecule has 0 spiro atoms. The Morgan fingerprint density at radius 1 is 1.00 bits per heavy atom. The van der Waals surface area contributed by atoms with E-state index >= 15 is 0 Å². The number of hydrogen-bond acceptors (Lipinski definition) is 2. The van der Waals surface area contributed by atoms with E-state index in [4.69, 9.17) is 0 Å². The minimum absolute atomic E-state index is 0.543. The molecular weight excluding hydrogens is 255 g/mol. The molecule has 0 radical (unpaired) electrons. The van der Waals surface area contributed by atoms with Crippen LogP contribution >= 0.6 is 0 Å². The summed E-state index contributed by atoms with van der Waals surface area (Å²) in [7, 11) is 0. The van der Waals surface area contributed by atoms with Crippen molar-refractivity contribution in [3.8, 4) is 5.69 Å². The largest absolute Gasteiger partial charge is 0.416 e. The standard InChI is InChI=1S/C13H8F3N3/c14-13(15,16)10-3-5-11(6-4-10)19-12-9(8-18-19)2-1-7-17-12/h1-8H. The highest BCUT2D eigenvalue weighted by Gasteiger charge is 2.30. The van der Waals surface area contributed by atoms with Crippen LogP contribution in [0.1, 0.15) is 5.56 Å². The number of pyridine rings is 1. The maximum Gasteiger partial charge on any atom is 0.416 e. The number of alkyl halides is 3. The highest BCUT2D eigenvalue weighted by atomic mass is 19.4. The van der Waals surface area contributed by atoms with Crippen LogP contribution in [0.4, 0.5) is 13.2 Å². The maximum atomic E-state index is 12.5. The molecule has 0 saturated carbocycles. The van der Waals surface area contributed by atoms with Crippen LogP contribution < -0.4 is 0 Å². The zero-order valence-electron chi connectivity index (χ0n) is 9.59. The average molecular weight is 263 g/mol. The summed E-state index contributed by atoms with van der Waals surface area (Å²) in [6.45, 7) is 0. The third-order valence-electron chi connectivity index (χ3n) is 2.77. The minimum Gasteiger partial charge on any atom is -0.237 e. The van der Waals surface area contributed by atoms with Crippen molar-refractivity contribution in [3.05, 3.63) is 54.4 Å². The summed E-state index contributed by atoms with van der Waals surface area (Å²) in [4.78, 5) is 4.17. The number of rotatable bonds is 1. The van der Waals surface area contributed by atoms with E-state index in [9.17, 15) is 13.2 Å². The molecule has 19 heavy (non-hydrogen) atoms. The maximum absolute atomic E-state index is 12.5. The second-order valence-electron chi connectivity index (χ2n) is 4.02. The van der Waals surface area contributed by atoms with Gasteiger partial charge in [0.25, 0.3) is 0 Å². The molecule has 0 amide bonds. The number of halogens is 3. The lowest BCUT2D eigenvalue weighted by Gasteiger charge is -2.07. The van der Waals surface area contributed by atoms with E-state index in [1.54, 1.807) is 18.5 Å². The van der Waals surface area contributed by atoms with Gasteiger partial charge in [-0.05, 0) is 36.4 Å². The van der Waals surface area contributed by atoms with E-state index in [2.05, 4.69) is 10.1 Å². The Bertz CT molecular complexity index is 714. The molecule has 0 N–H and O–H groups in total. The van der Waals surface area contributed by atoms with Gasteiger partial charge < -0.3 is 0 Å². The predicted octanol–water partition coefficient (Wildman–Crippen LogP) is 3.44. The molecule has 0 aliphatic rings. The van der Waals surface area contributed by atoms with Crippen LogP contribution in [0, 0.1) is 0 Å². The summed E-state index contributed by atoms with van der Waals surface area (Å²) < 4.78 is 39.0. The summed E-state index contributed by atoms with van der Waals surface area (Å²) in [6, 6.07) is 8.45. The van der Waals surface area contributed by atoms with Crippen LogP contribution in [0.3, 0.4) is 0 Å². The van der Waals surface area contributed by atoms with Gasteiger partial charge in [0.15, 0.2) is 5.65 Å². The van der Waals surface area contributed by atoms with E-state index in [1.807, 2.05) is 6.07 Å². The summed E-state index contributed by atoms with van der Waals surface area (Å²) in [5, 5.41) is 4.97. The van der Waals surface area contributed by atoms with Crippen molar-refractivity contribution >= 4 is 11.0 Å². The molecule has 2 aromatic heterocycles. The predicted molar refractivity (Wildman–Crippen MR) is 63.9 cm³/mol. The van der Waals surface area contributed by atoms with Gasteiger partial charge in [-0.25, -0.2) is 9.67 Å². The van der Waals surface area contributed by atoms with Crippen molar-refractivity contribution in [1.82, 2.24) is 14.8 Å². The molecule has 0 saturated heterocycles. The van der Waals surface area contributed by atoms with Crippen molar-refractivity contribution in [2.24, 2.45) is 0 Å². The van der Waals surface area contributed by atoms with Crippen molar-refractivity contribution in [2.75, 3.05) is 0 Å². The zero-order valence-corrected chi connectivity index (χ0v) is 9.59. The molecule has 0 unspecified atom stereocenters. The first kappa shape index (κ1) is 11.7. The Morgan fingerprint density at radius 3 is 2.42 bits per heavy atom. The Balaban J connectivity index is 2.07. The van der Waals surface area contributed by atoms with E-state index < -0.39 is 11.7 Å². The molecule has 0 atom stereocenters. The first-order valence-electron chi connectivity index (χ1n) is 5.52. The van der Waals surface area contributed by atoms with Gasteiger partial charge >= 0.3 is 6.18 Å². The van der Waals surface area contributed by atoms with Gasteiger partial charge in [-0.1, -0.05) is 0 Å². The lowest BCUT2D eigenvalue weighted by Crippen LogP contribution is -2.05. The molecule has 2 heterocycles. The SMILES string of the molecule is FC(F)(F)c1ccc(-n2ncc3cccnc32)cc1. The van der Waals surface area contributed by atoms with Crippen LogP contribution in [0.2, 0.25) is 0 Å². The Kier molecular flexibility index (Phi) is 2.51. The average Bonchev–Trinajstić information content (AvgIpc) is 2.82. The summed E-state index contributed by atoms with van der Waals surface area (Å²) in [5.74, 6) is 0. The lowest BCUT2D eigenvalue weighted by molar-refractivity contribution is -0.137. The zero-order chi connectivity index (χ0) is 13.5. The van der Waals surface area contributed by atoms with Crippen LogP contribution in [0.25, 0.3) is 16.7 Å². The third kappa shape index (κ3) is 2.05. The fraction of sp³-hybridized carbons (Fsp3) is 0.0769. The van der Waals surface area contributed by atoms with Crippen molar-refractivity contribution in [2.45, 2.75) is 6.18 Å². The fourth-order valence-electron chi connectivity index (χ4n) is 1.84. The highest BCUT2D eigenvalue weighted by molar-refractivity contribution is 5.75. The van der Waals surface area contributed by atoms with Gasteiger partial charge in [0, 0.05) is 11.6 Å². The molecule has 3 aromatic rings. The third-order valence-corrected chi connectivity index (χ3v) is 2.77. The second kappa shape index (κ2) is 4.08. The fourth-order valence-corrected chi connectivity index (χ4v) is 1.84. The molecule has 0 aliphatic heterocycles. The van der Waals surface area contributed by atoms with Gasteiger partial charge in [0.2, 0.25) is 0 Å². The normalized spacial score (nSPS) is 11.9. The number of hydrogen-bond donors (Lipinski definition) is 0. The summed E-state index contributed by atoms with van der Waals surface area (Å²) in [6.07, 6.45) is -1.09. The Hall–Kier alpha value is -2.37. The Labute approximate surface area is 106 Å². The van der Waals surface area contributed by atoms with E-state index in [1.165, 1.54) is 16.8 Å². The first-order valence-corrected chi connectivity index (χ1v) is 5.52.